The average Bonchev–Trinajstić information content (AvgIpc) is 2.32. The van der Waals surface area contributed by atoms with Crippen LogP contribution < -0.4 is 0 Å². The van der Waals surface area contributed by atoms with E-state index in [0.29, 0.717) is 5.56 Å². The number of hydrogen-bond donors (Lipinski definition) is 3. The van der Waals surface area contributed by atoms with Crippen LogP contribution in [0.5, 0.6) is 17.2 Å². The summed E-state index contributed by atoms with van der Waals surface area (Å²) in [5, 5.41) is 29.0. The molecule has 3 N–H and O–H groups in total. The van der Waals surface area contributed by atoms with Gasteiger partial charge in [0.05, 0.1) is 0 Å². The summed E-state index contributed by atoms with van der Waals surface area (Å²) < 4.78 is 0. The Balaban J connectivity index is 2.64. The molecule has 3 heteroatoms. The molecule has 2 aromatic rings. The maximum absolute atomic E-state index is 9.95. The molecule has 0 aliphatic rings. The van der Waals surface area contributed by atoms with Crippen LogP contribution in [-0.4, -0.2) is 15.3 Å². The summed E-state index contributed by atoms with van der Waals surface area (Å²) in [7, 11) is 0. The molecule has 2 rings (SSSR count). The first-order valence-corrected chi connectivity index (χ1v) is 5.32. The molecule has 0 spiro atoms. The molecule has 2 aromatic carbocycles. The van der Waals surface area contributed by atoms with Gasteiger partial charge < -0.3 is 15.3 Å². The zero-order valence-corrected chi connectivity index (χ0v) is 9.73. The lowest BCUT2D eigenvalue weighted by atomic mass is 10.00. The van der Waals surface area contributed by atoms with Gasteiger partial charge in [0.15, 0.2) is 11.5 Å². The standard InChI is InChI=1S/C14H14O3/c1-8-3-5-10(6-4-8)11-7-12(15)14(17)9(2)13(11)16/h3-7,15-17H,1-2H3. The fourth-order valence-corrected chi connectivity index (χ4v) is 1.73. The minimum absolute atomic E-state index is 0.0100. The first-order chi connectivity index (χ1) is 8.00. The van der Waals surface area contributed by atoms with Crippen LogP contribution in [0.1, 0.15) is 11.1 Å². The van der Waals surface area contributed by atoms with Crippen LogP contribution in [0, 0.1) is 13.8 Å². The smallest absolute Gasteiger partial charge is 0.164 e. The summed E-state index contributed by atoms with van der Waals surface area (Å²) in [5.74, 6) is -0.515. The number of phenolic OH excluding ortho intramolecular Hbond substituents is 3. The fraction of sp³-hybridized carbons (Fsp3) is 0.143. The van der Waals surface area contributed by atoms with Gasteiger partial charge in [-0.25, -0.2) is 0 Å². The molecule has 0 radical (unpaired) electrons. The van der Waals surface area contributed by atoms with Gasteiger partial charge in [-0.15, -0.1) is 0 Å². The molecular weight excluding hydrogens is 216 g/mol. The quantitative estimate of drug-likeness (QED) is 0.521. The van der Waals surface area contributed by atoms with Crippen LogP contribution in [0.2, 0.25) is 0 Å². The Morgan fingerprint density at radius 2 is 1.41 bits per heavy atom. The maximum Gasteiger partial charge on any atom is 0.164 e. The van der Waals surface area contributed by atoms with Crippen molar-refractivity contribution >= 4 is 0 Å². The van der Waals surface area contributed by atoms with Gasteiger partial charge in [-0.3, -0.25) is 0 Å². The Kier molecular flexibility index (Phi) is 2.68. The van der Waals surface area contributed by atoms with E-state index in [9.17, 15) is 15.3 Å². The SMILES string of the molecule is Cc1ccc(-c2cc(O)c(O)c(C)c2O)cc1. The molecule has 0 bridgehead atoms. The van der Waals surface area contributed by atoms with E-state index in [2.05, 4.69) is 0 Å². The summed E-state index contributed by atoms with van der Waals surface area (Å²) in [6.07, 6.45) is 0. The number of phenols is 3. The van der Waals surface area contributed by atoms with Crippen molar-refractivity contribution in [2.24, 2.45) is 0 Å². The van der Waals surface area contributed by atoms with Crippen LogP contribution in [0.25, 0.3) is 11.1 Å². The Morgan fingerprint density at radius 1 is 0.824 bits per heavy atom. The van der Waals surface area contributed by atoms with Crippen molar-refractivity contribution in [3.05, 3.63) is 41.5 Å². The van der Waals surface area contributed by atoms with Gasteiger partial charge in [-0.1, -0.05) is 29.8 Å². The number of aryl methyl sites for hydroxylation is 1. The van der Waals surface area contributed by atoms with Gasteiger partial charge in [0.1, 0.15) is 5.75 Å². The topological polar surface area (TPSA) is 60.7 Å². The summed E-state index contributed by atoms with van der Waals surface area (Å²) in [6, 6.07) is 8.94. The van der Waals surface area contributed by atoms with E-state index in [1.165, 1.54) is 6.07 Å². The zero-order valence-electron chi connectivity index (χ0n) is 9.73. The predicted molar refractivity (Wildman–Crippen MR) is 66.3 cm³/mol. The molecule has 0 aromatic heterocycles. The lowest BCUT2D eigenvalue weighted by molar-refractivity contribution is 0.393. The second kappa shape index (κ2) is 4.01. The monoisotopic (exact) mass is 230 g/mol. The molecule has 0 aliphatic heterocycles. The lowest BCUT2D eigenvalue weighted by Gasteiger charge is -2.11. The number of rotatable bonds is 1. The Hall–Kier alpha value is -2.16. The largest absolute Gasteiger partial charge is 0.507 e. The van der Waals surface area contributed by atoms with E-state index >= 15 is 0 Å². The predicted octanol–water partition coefficient (Wildman–Crippen LogP) is 3.09. The van der Waals surface area contributed by atoms with E-state index in [-0.39, 0.29) is 22.8 Å². The second-order valence-corrected chi connectivity index (χ2v) is 4.13. The highest BCUT2D eigenvalue weighted by atomic mass is 16.3. The van der Waals surface area contributed by atoms with Gasteiger partial charge in [0.25, 0.3) is 0 Å². The van der Waals surface area contributed by atoms with E-state index < -0.39 is 0 Å². The lowest BCUT2D eigenvalue weighted by Crippen LogP contribution is -1.85. The molecular formula is C14H14O3. The molecule has 3 nitrogen and oxygen atoms in total. The summed E-state index contributed by atoms with van der Waals surface area (Å²) in [6.45, 7) is 3.53. The van der Waals surface area contributed by atoms with Gasteiger partial charge in [0, 0.05) is 11.1 Å². The van der Waals surface area contributed by atoms with Gasteiger partial charge in [0.2, 0.25) is 0 Å². The first kappa shape index (κ1) is 11.3. The molecule has 0 atom stereocenters. The molecule has 0 amide bonds. The molecule has 88 valence electrons. The molecule has 0 aliphatic carbocycles. The Morgan fingerprint density at radius 3 is 2.00 bits per heavy atom. The van der Waals surface area contributed by atoms with Crippen molar-refractivity contribution < 1.29 is 15.3 Å². The summed E-state index contributed by atoms with van der Waals surface area (Å²) >= 11 is 0. The van der Waals surface area contributed by atoms with Crippen LogP contribution >= 0.6 is 0 Å². The van der Waals surface area contributed by atoms with E-state index in [1.54, 1.807) is 6.92 Å². The molecule has 0 unspecified atom stereocenters. The van der Waals surface area contributed by atoms with Crippen molar-refractivity contribution in [3.63, 3.8) is 0 Å². The van der Waals surface area contributed by atoms with E-state index in [4.69, 9.17) is 0 Å². The van der Waals surface area contributed by atoms with Crippen LogP contribution in [0.4, 0.5) is 0 Å². The van der Waals surface area contributed by atoms with E-state index in [0.717, 1.165) is 11.1 Å². The summed E-state index contributed by atoms with van der Waals surface area (Å²) in [5.41, 5.74) is 2.71. The van der Waals surface area contributed by atoms with Crippen LogP contribution in [-0.2, 0) is 0 Å². The normalized spacial score (nSPS) is 10.5. The Labute approximate surface area is 99.6 Å². The highest BCUT2D eigenvalue weighted by Crippen LogP contribution is 2.42. The van der Waals surface area contributed by atoms with Crippen molar-refractivity contribution in [1.29, 1.82) is 0 Å². The number of hydrogen-bond acceptors (Lipinski definition) is 3. The maximum atomic E-state index is 9.95. The minimum atomic E-state index is -0.279. The molecule has 0 fully saturated rings. The summed E-state index contributed by atoms with van der Waals surface area (Å²) in [4.78, 5) is 0. The highest BCUT2D eigenvalue weighted by Gasteiger charge is 2.14. The Bertz CT molecular complexity index is 557. The van der Waals surface area contributed by atoms with E-state index in [1.807, 2.05) is 31.2 Å². The number of aromatic hydroxyl groups is 3. The fourth-order valence-electron chi connectivity index (χ4n) is 1.73. The van der Waals surface area contributed by atoms with Crippen molar-refractivity contribution in [2.75, 3.05) is 0 Å². The van der Waals surface area contributed by atoms with Gasteiger partial charge >= 0.3 is 0 Å². The van der Waals surface area contributed by atoms with Crippen LogP contribution in [0.3, 0.4) is 0 Å². The van der Waals surface area contributed by atoms with Crippen molar-refractivity contribution in [2.45, 2.75) is 13.8 Å². The third-order valence-corrected chi connectivity index (χ3v) is 2.85. The molecule has 0 saturated carbocycles. The third-order valence-electron chi connectivity index (χ3n) is 2.85. The molecule has 0 saturated heterocycles. The number of benzene rings is 2. The minimum Gasteiger partial charge on any atom is -0.507 e. The van der Waals surface area contributed by atoms with Gasteiger partial charge in [-0.05, 0) is 25.5 Å². The highest BCUT2D eigenvalue weighted by molar-refractivity contribution is 5.76. The first-order valence-electron chi connectivity index (χ1n) is 5.32. The molecule has 17 heavy (non-hydrogen) atoms. The van der Waals surface area contributed by atoms with Crippen molar-refractivity contribution in [1.82, 2.24) is 0 Å². The van der Waals surface area contributed by atoms with Crippen molar-refractivity contribution in [3.8, 4) is 28.4 Å². The van der Waals surface area contributed by atoms with Gasteiger partial charge in [-0.2, -0.15) is 0 Å². The zero-order chi connectivity index (χ0) is 12.6. The second-order valence-electron chi connectivity index (χ2n) is 4.13. The third kappa shape index (κ3) is 1.91. The van der Waals surface area contributed by atoms with Crippen LogP contribution in [0.15, 0.2) is 30.3 Å². The average molecular weight is 230 g/mol. The molecule has 0 heterocycles.